The second-order valence-electron chi connectivity index (χ2n) is 5.74. The average molecular weight is 313 g/mol. The normalized spacial score (nSPS) is 21.8. The second kappa shape index (κ2) is 6.64. The number of nitrogens with zero attached hydrogens (tertiary/aromatic N) is 1. The molecule has 0 spiro atoms. The number of benzene rings is 1. The Bertz CT molecular complexity index is 654. The molecule has 1 aromatic rings. The molecule has 0 bridgehead atoms. The smallest absolute Gasteiger partial charge is 0.322 e. The van der Waals surface area contributed by atoms with Crippen LogP contribution in [-0.2, 0) is 9.59 Å². The number of imide groups is 1. The monoisotopic (exact) mass is 313 g/mol. The quantitative estimate of drug-likeness (QED) is 0.863. The van der Waals surface area contributed by atoms with Crippen LogP contribution in [0, 0.1) is 0 Å². The highest BCUT2D eigenvalue weighted by Gasteiger charge is 2.30. The van der Waals surface area contributed by atoms with Gasteiger partial charge in [-0.1, -0.05) is 36.4 Å². The number of urea groups is 1. The number of nitrogens with one attached hydrogen (secondary N) is 2. The molecule has 120 valence electrons. The summed E-state index contributed by atoms with van der Waals surface area (Å²) in [4.78, 5) is 37.1. The van der Waals surface area contributed by atoms with Crippen molar-refractivity contribution in [2.45, 2.75) is 25.3 Å². The van der Waals surface area contributed by atoms with Crippen molar-refractivity contribution in [1.82, 2.24) is 15.5 Å². The first-order valence-electron chi connectivity index (χ1n) is 7.77. The van der Waals surface area contributed by atoms with Crippen LogP contribution in [0.5, 0.6) is 0 Å². The van der Waals surface area contributed by atoms with E-state index in [0.29, 0.717) is 19.5 Å². The predicted octanol–water partition coefficient (Wildman–Crippen LogP) is 1.29. The molecule has 2 heterocycles. The maximum Gasteiger partial charge on any atom is 0.322 e. The fraction of sp³-hybridized carbons (Fsp3) is 0.353. The summed E-state index contributed by atoms with van der Waals surface area (Å²) in [5, 5.41) is 4.75. The number of carbonyl (C=O) groups excluding carboxylic acids is 3. The predicted molar refractivity (Wildman–Crippen MR) is 85.3 cm³/mol. The van der Waals surface area contributed by atoms with Crippen molar-refractivity contribution in [2.24, 2.45) is 0 Å². The van der Waals surface area contributed by atoms with E-state index in [-0.39, 0.29) is 18.2 Å². The second-order valence-corrected chi connectivity index (χ2v) is 5.74. The molecule has 0 saturated carbocycles. The van der Waals surface area contributed by atoms with E-state index in [1.54, 1.807) is 4.90 Å². The van der Waals surface area contributed by atoms with E-state index in [1.807, 2.05) is 18.2 Å². The molecular weight excluding hydrogens is 294 g/mol. The largest absolute Gasteiger partial charge is 0.337 e. The van der Waals surface area contributed by atoms with Gasteiger partial charge in [-0.15, -0.1) is 0 Å². The molecule has 1 aromatic carbocycles. The van der Waals surface area contributed by atoms with E-state index in [2.05, 4.69) is 28.8 Å². The van der Waals surface area contributed by atoms with Gasteiger partial charge in [0.2, 0.25) is 11.8 Å². The van der Waals surface area contributed by atoms with Gasteiger partial charge in [0.25, 0.3) is 0 Å². The Balaban J connectivity index is 1.65. The van der Waals surface area contributed by atoms with Crippen LogP contribution in [0.15, 0.2) is 36.4 Å². The summed E-state index contributed by atoms with van der Waals surface area (Å²) in [6.07, 6.45) is 3.35. The van der Waals surface area contributed by atoms with Crippen molar-refractivity contribution in [2.75, 3.05) is 13.1 Å². The number of carbonyl (C=O) groups is 3. The molecule has 6 heteroatoms. The lowest BCUT2D eigenvalue weighted by atomic mass is 9.99. The maximum absolute atomic E-state index is 12.5. The zero-order valence-electron chi connectivity index (χ0n) is 12.7. The van der Waals surface area contributed by atoms with Crippen molar-refractivity contribution in [3.8, 4) is 0 Å². The van der Waals surface area contributed by atoms with Crippen LogP contribution in [0.3, 0.4) is 0 Å². The van der Waals surface area contributed by atoms with E-state index in [1.165, 1.54) is 11.1 Å². The highest BCUT2D eigenvalue weighted by atomic mass is 16.2. The zero-order chi connectivity index (χ0) is 16.2. The van der Waals surface area contributed by atoms with E-state index in [4.69, 9.17) is 0 Å². The number of hydrogen-bond acceptors (Lipinski definition) is 3. The summed E-state index contributed by atoms with van der Waals surface area (Å²) in [5.41, 5.74) is 2.41. The van der Waals surface area contributed by atoms with E-state index >= 15 is 0 Å². The van der Waals surface area contributed by atoms with Gasteiger partial charge in [-0.3, -0.25) is 14.9 Å². The molecule has 0 aliphatic carbocycles. The Morgan fingerprint density at radius 1 is 1.13 bits per heavy atom. The standard InChI is InChI=1S/C17H19N3O3/c21-15-7-6-14(18-17(23)19-15)16(22)20-10-8-13(9-11-20)12-4-2-1-3-5-12/h1-5,8,14H,6-7,9-11H2,(H2,18,19,21,23). The van der Waals surface area contributed by atoms with Crippen molar-refractivity contribution >= 4 is 23.4 Å². The topological polar surface area (TPSA) is 78.5 Å². The third-order valence-electron chi connectivity index (χ3n) is 4.18. The molecule has 0 aromatic heterocycles. The lowest BCUT2D eigenvalue weighted by Crippen LogP contribution is -2.50. The lowest BCUT2D eigenvalue weighted by Gasteiger charge is -2.29. The molecule has 1 unspecified atom stereocenters. The van der Waals surface area contributed by atoms with Gasteiger partial charge in [0, 0.05) is 19.5 Å². The van der Waals surface area contributed by atoms with Crippen molar-refractivity contribution in [1.29, 1.82) is 0 Å². The number of rotatable bonds is 2. The van der Waals surface area contributed by atoms with Gasteiger partial charge in [-0.05, 0) is 24.0 Å². The summed E-state index contributed by atoms with van der Waals surface area (Å²) >= 11 is 0. The molecule has 2 aliphatic heterocycles. The summed E-state index contributed by atoms with van der Waals surface area (Å²) in [6.45, 7) is 1.14. The SMILES string of the molecule is O=C1CCC(C(=O)N2CC=C(c3ccccc3)CC2)NC(=O)N1. The van der Waals surface area contributed by atoms with Crippen molar-refractivity contribution in [3.63, 3.8) is 0 Å². The van der Waals surface area contributed by atoms with Crippen LogP contribution in [0.2, 0.25) is 0 Å². The van der Waals surface area contributed by atoms with Crippen molar-refractivity contribution < 1.29 is 14.4 Å². The first kappa shape index (κ1) is 15.3. The molecule has 23 heavy (non-hydrogen) atoms. The first-order chi connectivity index (χ1) is 11.1. The zero-order valence-corrected chi connectivity index (χ0v) is 12.7. The van der Waals surface area contributed by atoms with Gasteiger partial charge in [0.15, 0.2) is 0 Å². The van der Waals surface area contributed by atoms with Crippen LogP contribution in [0.25, 0.3) is 5.57 Å². The Labute approximate surface area is 134 Å². The minimum atomic E-state index is -0.631. The van der Waals surface area contributed by atoms with Crippen LogP contribution in [-0.4, -0.2) is 41.9 Å². The molecule has 6 nitrogen and oxygen atoms in total. The summed E-state index contributed by atoms with van der Waals surface area (Å²) < 4.78 is 0. The maximum atomic E-state index is 12.5. The fourth-order valence-electron chi connectivity index (χ4n) is 2.92. The minimum absolute atomic E-state index is 0.127. The molecule has 0 radical (unpaired) electrons. The molecule has 3 rings (SSSR count). The minimum Gasteiger partial charge on any atom is -0.337 e. The third-order valence-corrected chi connectivity index (χ3v) is 4.18. The first-order valence-corrected chi connectivity index (χ1v) is 7.77. The highest BCUT2D eigenvalue weighted by molar-refractivity contribution is 5.98. The summed E-state index contributed by atoms with van der Waals surface area (Å²) in [6, 6.07) is 8.87. The Hall–Kier alpha value is -2.63. The molecule has 1 fully saturated rings. The number of hydrogen-bond donors (Lipinski definition) is 2. The highest BCUT2D eigenvalue weighted by Crippen LogP contribution is 2.22. The van der Waals surface area contributed by atoms with Gasteiger partial charge < -0.3 is 10.2 Å². The lowest BCUT2D eigenvalue weighted by molar-refractivity contribution is -0.132. The summed E-state index contributed by atoms with van der Waals surface area (Å²) in [7, 11) is 0. The Morgan fingerprint density at radius 3 is 2.61 bits per heavy atom. The van der Waals surface area contributed by atoms with Crippen LogP contribution in [0.4, 0.5) is 4.79 Å². The summed E-state index contributed by atoms with van der Waals surface area (Å²) in [5.74, 6) is -0.471. The Morgan fingerprint density at radius 2 is 1.91 bits per heavy atom. The van der Waals surface area contributed by atoms with Gasteiger partial charge in [0.05, 0.1) is 0 Å². The number of amides is 4. The van der Waals surface area contributed by atoms with Gasteiger partial charge >= 0.3 is 6.03 Å². The van der Waals surface area contributed by atoms with Crippen LogP contribution in [0.1, 0.15) is 24.8 Å². The van der Waals surface area contributed by atoms with Crippen molar-refractivity contribution in [3.05, 3.63) is 42.0 Å². The Kier molecular flexibility index (Phi) is 4.41. The fourth-order valence-corrected chi connectivity index (χ4v) is 2.92. The third kappa shape index (κ3) is 3.59. The van der Waals surface area contributed by atoms with Crippen LogP contribution < -0.4 is 10.6 Å². The van der Waals surface area contributed by atoms with Crippen LogP contribution >= 0.6 is 0 Å². The molecule has 2 N–H and O–H groups in total. The average Bonchev–Trinajstić information content (AvgIpc) is 2.75. The van der Waals surface area contributed by atoms with E-state index < -0.39 is 12.1 Å². The molecule has 1 atom stereocenters. The van der Waals surface area contributed by atoms with Gasteiger partial charge in [-0.25, -0.2) is 4.79 Å². The van der Waals surface area contributed by atoms with E-state index in [9.17, 15) is 14.4 Å². The van der Waals surface area contributed by atoms with Gasteiger partial charge in [-0.2, -0.15) is 0 Å². The molecule has 1 saturated heterocycles. The molecular formula is C17H19N3O3. The molecule has 4 amide bonds. The molecule has 2 aliphatic rings. The van der Waals surface area contributed by atoms with E-state index in [0.717, 1.165) is 6.42 Å². The van der Waals surface area contributed by atoms with Gasteiger partial charge in [0.1, 0.15) is 6.04 Å².